The highest BCUT2D eigenvalue weighted by molar-refractivity contribution is 9.10. The Morgan fingerprint density at radius 1 is 1.33 bits per heavy atom. The third-order valence-electron chi connectivity index (χ3n) is 4.13. The van der Waals surface area contributed by atoms with E-state index >= 15 is 0 Å². The predicted octanol–water partition coefficient (Wildman–Crippen LogP) is 3.21. The highest BCUT2D eigenvalue weighted by Gasteiger charge is 2.34. The number of nitrogens with one attached hydrogen (secondary N) is 1. The van der Waals surface area contributed by atoms with Crippen LogP contribution >= 0.6 is 27.5 Å². The second-order valence-corrected chi connectivity index (χ2v) is 9.10. The summed E-state index contributed by atoms with van der Waals surface area (Å²) in [4.78, 5) is 47.1. The van der Waals surface area contributed by atoms with Gasteiger partial charge in [-0.2, -0.15) is 0 Å². The fourth-order valence-electron chi connectivity index (χ4n) is 2.75. The molecular formula is C21H25BrClN5O5. The van der Waals surface area contributed by atoms with Gasteiger partial charge in [0.1, 0.15) is 39.6 Å². The van der Waals surface area contributed by atoms with Gasteiger partial charge in [0.15, 0.2) is 6.29 Å². The molecule has 2 aromatic rings. The quantitative estimate of drug-likeness (QED) is 0.463. The van der Waals surface area contributed by atoms with E-state index in [1.165, 1.54) is 17.4 Å². The lowest BCUT2D eigenvalue weighted by Crippen LogP contribution is -2.49. The summed E-state index contributed by atoms with van der Waals surface area (Å²) in [5.41, 5.74) is 0.513. The van der Waals surface area contributed by atoms with Gasteiger partial charge in [-0.25, -0.2) is 19.7 Å². The summed E-state index contributed by atoms with van der Waals surface area (Å²) in [7, 11) is 1.56. The Hall–Kier alpha value is -2.63. The van der Waals surface area contributed by atoms with E-state index in [9.17, 15) is 14.4 Å². The zero-order valence-corrected chi connectivity index (χ0v) is 21.0. The standard InChI is InChI=1S/C15H18BrClN2O4.C6H7N3O/c1-15(2,3)23-14(21)19-6-10(8-20)22-11(7-19)9-4-12(16)18-13(17)5-9;1-7-6(10)5-2-3-8-4-9-5/h4-5,8,10-11H,6-7H2,1-3H3;2-4H,1H3,(H,7,10)/t10-,11-;/m0./s1. The largest absolute Gasteiger partial charge is 0.444 e. The summed E-state index contributed by atoms with van der Waals surface area (Å²) < 4.78 is 11.6. The molecule has 0 saturated carbocycles. The number of aromatic nitrogens is 3. The van der Waals surface area contributed by atoms with Gasteiger partial charge >= 0.3 is 6.09 Å². The van der Waals surface area contributed by atoms with E-state index in [4.69, 9.17) is 21.1 Å². The number of carbonyl (C=O) groups excluding carboxylic acids is 3. The number of hydrogen-bond acceptors (Lipinski definition) is 8. The molecule has 1 aliphatic rings. The summed E-state index contributed by atoms with van der Waals surface area (Å²) >= 11 is 9.22. The van der Waals surface area contributed by atoms with E-state index in [2.05, 4.69) is 36.2 Å². The average Bonchev–Trinajstić information content (AvgIpc) is 2.77. The molecule has 0 bridgehead atoms. The fourth-order valence-corrected chi connectivity index (χ4v) is 3.52. The van der Waals surface area contributed by atoms with Gasteiger partial charge in [0, 0.05) is 13.2 Å². The lowest BCUT2D eigenvalue weighted by Gasteiger charge is -2.37. The van der Waals surface area contributed by atoms with E-state index in [0.29, 0.717) is 21.7 Å². The van der Waals surface area contributed by atoms with E-state index < -0.39 is 23.9 Å². The first kappa shape index (κ1) is 26.6. The van der Waals surface area contributed by atoms with Gasteiger partial charge in [-0.3, -0.25) is 4.79 Å². The Morgan fingerprint density at radius 2 is 2.06 bits per heavy atom. The number of morpholine rings is 1. The van der Waals surface area contributed by atoms with Gasteiger partial charge in [0.25, 0.3) is 5.91 Å². The molecule has 0 aromatic carbocycles. The number of pyridine rings is 1. The first-order valence-electron chi connectivity index (χ1n) is 9.92. The monoisotopic (exact) mass is 541 g/mol. The molecule has 2 aromatic heterocycles. The van der Waals surface area contributed by atoms with Gasteiger partial charge in [-0.05, 0) is 60.5 Å². The van der Waals surface area contributed by atoms with Crippen LogP contribution in [0.2, 0.25) is 5.15 Å². The van der Waals surface area contributed by atoms with Crippen molar-refractivity contribution in [2.75, 3.05) is 20.1 Å². The highest BCUT2D eigenvalue weighted by atomic mass is 79.9. The molecule has 33 heavy (non-hydrogen) atoms. The Kier molecular flexibility index (Phi) is 9.69. The van der Waals surface area contributed by atoms with Crippen molar-refractivity contribution in [3.05, 3.63) is 51.7 Å². The third kappa shape index (κ3) is 8.67. The van der Waals surface area contributed by atoms with Gasteiger partial charge in [0.2, 0.25) is 0 Å². The molecule has 0 radical (unpaired) electrons. The maximum atomic E-state index is 12.3. The number of carbonyl (C=O) groups is 3. The molecule has 0 spiro atoms. The molecule has 12 heteroatoms. The minimum Gasteiger partial charge on any atom is -0.444 e. The summed E-state index contributed by atoms with van der Waals surface area (Å²) in [5, 5.41) is 2.75. The minimum absolute atomic E-state index is 0.162. The SMILES string of the molecule is CC(C)(C)OC(=O)N1C[C@@H](C=O)O[C@H](c2cc(Cl)nc(Br)c2)C1.CNC(=O)c1ccncn1. The molecule has 1 saturated heterocycles. The number of hydrogen-bond donors (Lipinski definition) is 1. The van der Waals surface area contributed by atoms with Crippen LogP contribution < -0.4 is 5.32 Å². The Balaban J connectivity index is 0.000000321. The number of amides is 2. The van der Waals surface area contributed by atoms with E-state index in [1.807, 2.05) is 0 Å². The van der Waals surface area contributed by atoms with Crippen molar-refractivity contribution in [1.82, 2.24) is 25.2 Å². The first-order chi connectivity index (χ1) is 15.5. The minimum atomic E-state index is -0.716. The molecule has 0 aliphatic carbocycles. The van der Waals surface area contributed by atoms with Gasteiger partial charge in [-0.15, -0.1) is 0 Å². The molecule has 2 atom stereocenters. The van der Waals surface area contributed by atoms with Crippen molar-refractivity contribution < 1.29 is 23.9 Å². The van der Waals surface area contributed by atoms with Crippen LogP contribution in [0.4, 0.5) is 4.79 Å². The Morgan fingerprint density at radius 3 is 2.61 bits per heavy atom. The van der Waals surface area contributed by atoms with Crippen LogP contribution in [0, 0.1) is 0 Å². The van der Waals surface area contributed by atoms with Crippen molar-refractivity contribution in [3.63, 3.8) is 0 Å². The third-order valence-corrected chi connectivity index (χ3v) is 4.73. The van der Waals surface area contributed by atoms with Crippen molar-refractivity contribution in [2.24, 2.45) is 0 Å². The smallest absolute Gasteiger partial charge is 0.410 e. The molecule has 3 rings (SSSR count). The summed E-state index contributed by atoms with van der Waals surface area (Å²) in [6.07, 6.45) is 1.87. The van der Waals surface area contributed by atoms with Crippen LogP contribution in [-0.2, 0) is 14.3 Å². The van der Waals surface area contributed by atoms with Crippen molar-refractivity contribution in [1.29, 1.82) is 0 Å². The molecule has 1 aliphatic heterocycles. The van der Waals surface area contributed by atoms with Crippen LogP contribution in [0.25, 0.3) is 0 Å². The number of rotatable bonds is 3. The maximum Gasteiger partial charge on any atom is 0.410 e. The summed E-state index contributed by atoms with van der Waals surface area (Å²) in [6, 6.07) is 4.95. The van der Waals surface area contributed by atoms with Crippen LogP contribution in [0.15, 0.2) is 35.3 Å². The van der Waals surface area contributed by atoms with Gasteiger partial charge < -0.3 is 24.5 Å². The molecule has 1 fully saturated rings. The Bertz CT molecular complexity index is 953. The maximum absolute atomic E-state index is 12.3. The van der Waals surface area contributed by atoms with Crippen LogP contribution in [0.3, 0.4) is 0 Å². The fraction of sp³-hybridized carbons (Fsp3) is 0.429. The van der Waals surface area contributed by atoms with Crippen molar-refractivity contribution in [2.45, 2.75) is 38.6 Å². The lowest BCUT2D eigenvalue weighted by molar-refractivity contribution is -0.132. The van der Waals surface area contributed by atoms with Crippen molar-refractivity contribution in [3.8, 4) is 0 Å². The first-order valence-corrected chi connectivity index (χ1v) is 11.1. The Labute approximate surface area is 205 Å². The number of ether oxygens (including phenoxy) is 2. The van der Waals surface area contributed by atoms with Crippen LogP contribution in [-0.4, -0.2) is 70.0 Å². The zero-order chi connectivity index (χ0) is 24.6. The highest BCUT2D eigenvalue weighted by Crippen LogP contribution is 2.29. The van der Waals surface area contributed by atoms with Crippen molar-refractivity contribution >= 4 is 45.8 Å². The molecule has 2 amide bonds. The molecule has 178 valence electrons. The number of aldehydes is 1. The van der Waals surface area contributed by atoms with Gasteiger partial charge in [0.05, 0.1) is 13.1 Å². The average molecular weight is 543 g/mol. The zero-order valence-electron chi connectivity index (χ0n) is 18.6. The van der Waals surface area contributed by atoms with Gasteiger partial charge in [-0.1, -0.05) is 11.6 Å². The second kappa shape index (κ2) is 12.0. The number of nitrogens with zero attached hydrogens (tertiary/aromatic N) is 4. The van der Waals surface area contributed by atoms with E-state index in [1.54, 1.807) is 46.0 Å². The van der Waals surface area contributed by atoms with E-state index in [-0.39, 0.29) is 19.0 Å². The lowest BCUT2D eigenvalue weighted by atomic mass is 10.1. The molecule has 0 unspecified atom stereocenters. The topological polar surface area (TPSA) is 124 Å². The summed E-state index contributed by atoms with van der Waals surface area (Å²) in [6.45, 7) is 5.81. The number of halogens is 2. The summed E-state index contributed by atoms with van der Waals surface area (Å²) in [5.74, 6) is -0.192. The second-order valence-electron chi connectivity index (χ2n) is 7.90. The molecular weight excluding hydrogens is 518 g/mol. The molecule has 10 nitrogen and oxygen atoms in total. The molecule has 3 heterocycles. The molecule has 1 N–H and O–H groups in total. The normalized spacial score (nSPS) is 17.9. The van der Waals surface area contributed by atoms with Crippen LogP contribution in [0.5, 0.6) is 0 Å². The van der Waals surface area contributed by atoms with E-state index in [0.717, 1.165) is 5.56 Å². The predicted molar refractivity (Wildman–Crippen MR) is 124 cm³/mol. The van der Waals surface area contributed by atoms with Crippen LogP contribution in [0.1, 0.15) is 42.9 Å².